The van der Waals surface area contributed by atoms with E-state index in [-0.39, 0.29) is 0 Å². The SMILES string of the molecule is c1ccc(-c2ccc(N(c3ccc(-c4cccc5c4sc4ccccc45)cc3)c3cc(-c4ccccc4)c4c(c3)oc3c5ccccc5c5ccccc5c34)cc2)cc1. The molecule has 0 spiro atoms. The largest absolute Gasteiger partial charge is 0.455 e. The molecule has 0 amide bonds. The van der Waals surface area contributed by atoms with Gasteiger partial charge in [0.2, 0.25) is 0 Å². The normalized spacial score (nSPS) is 11.7. The van der Waals surface area contributed by atoms with Crippen molar-refractivity contribution in [1.29, 1.82) is 0 Å². The van der Waals surface area contributed by atoms with Crippen molar-refractivity contribution in [2.24, 2.45) is 0 Å². The highest BCUT2D eigenvalue weighted by atomic mass is 32.1. The van der Waals surface area contributed by atoms with Gasteiger partial charge in [0.1, 0.15) is 11.2 Å². The van der Waals surface area contributed by atoms with Gasteiger partial charge in [-0.3, -0.25) is 0 Å². The first-order valence-corrected chi connectivity index (χ1v) is 20.9. The summed E-state index contributed by atoms with van der Waals surface area (Å²) in [5.41, 5.74) is 12.0. The Morgan fingerprint density at radius 2 is 0.864 bits per heavy atom. The molecule has 0 bridgehead atoms. The van der Waals surface area contributed by atoms with Gasteiger partial charge in [0.05, 0.1) is 5.69 Å². The smallest absolute Gasteiger partial charge is 0.143 e. The van der Waals surface area contributed by atoms with Crippen LogP contribution in [0.25, 0.3) is 97.0 Å². The van der Waals surface area contributed by atoms with Crippen LogP contribution in [0.2, 0.25) is 0 Å². The quantitative estimate of drug-likeness (QED) is 0.157. The van der Waals surface area contributed by atoms with Gasteiger partial charge in [-0.1, -0.05) is 170 Å². The molecule has 0 saturated carbocycles. The summed E-state index contributed by atoms with van der Waals surface area (Å²) in [7, 11) is 0. The van der Waals surface area contributed by atoms with Crippen LogP contribution in [0.3, 0.4) is 0 Å². The van der Waals surface area contributed by atoms with Crippen molar-refractivity contribution in [2.45, 2.75) is 0 Å². The predicted molar refractivity (Wildman–Crippen MR) is 253 cm³/mol. The van der Waals surface area contributed by atoms with Crippen LogP contribution in [-0.4, -0.2) is 0 Å². The Morgan fingerprint density at radius 3 is 1.58 bits per heavy atom. The van der Waals surface area contributed by atoms with Crippen LogP contribution in [-0.2, 0) is 0 Å². The highest BCUT2D eigenvalue weighted by Gasteiger charge is 2.23. The molecule has 3 heteroatoms. The number of nitrogens with zero attached hydrogens (tertiary/aromatic N) is 1. The molecule has 2 aromatic heterocycles. The summed E-state index contributed by atoms with van der Waals surface area (Å²) in [5, 5.41) is 9.64. The minimum Gasteiger partial charge on any atom is -0.455 e. The molecule has 0 aliphatic carbocycles. The van der Waals surface area contributed by atoms with Crippen LogP contribution in [0.15, 0.2) is 217 Å². The van der Waals surface area contributed by atoms with E-state index in [0.29, 0.717) is 0 Å². The second-order valence-corrected chi connectivity index (χ2v) is 16.3. The van der Waals surface area contributed by atoms with E-state index >= 15 is 0 Å². The van der Waals surface area contributed by atoms with Crippen molar-refractivity contribution in [3.63, 3.8) is 0 Å². The van der Waals surface area contributed by atoms with E-state index in [1.54, 1.807) is 0 Å². The maximum absolute atomic E-state index is 7.09. The van der Waals surface area contributed by atoms with E-state index in [2.05, 4.69) is 217 Å². The monoisotopic (exact) mass is 769 g/mol. The lowest BCUT2D eigenvalue weighted by molar-refractivity contribution is 0.673. The van der Waals surface area contributed by atoms with Crippen LogP contribution < -0.4 is 4.90 Å². The van der Waals surface area contributed by atoms with Crippen LogP contribution >= 0.6 is 11.3 Å². The van der Waals surface area contributed by atoms with E-state index < -0.39 is 0 Å². The van der Waals surface area contributed by atoms with E-state index in [4.69, 9.17) is 4.42 Å². The minimum absolute atomic E-state index is 0.858. The Hall–Kier alpha value is -7.46. The first kappa shape index (κ1) is 33.7. The van der Waals surface area contributed by atoms with Crippen LogP contribution in [0, 0.1) is 0 Å². The molecule has 10 aromatic carbocycles. The first-order valence-electron chi connectivity index (χ1n) is 20.1. The lowest BCUT2D eigenvalue weighted by Gasteiger charge is -2.27. The fourth-order valence-corrected chi connectivity index (χ4v) is 10.4. The third-order valence-electron chi connectivity index (χ3n) is 11.9. The Morgan fingerprint density at radius 1 is 0.339 bits per heavy atom. The third-order valence-corrected chi connectivity index (χ3v) is 13.1. The molecule has 0 aliphatic heterocycles. The molecular weight excluding hydrogens is 735 g/mol. The molecule has 12 aromatic rings. The van der Waals surface area contributed by atoms with Crippen molar-refractivity contribution in [3.05, 3.63) is 212 Å². The molecule has 276 valence electrons. The minimum atomic E-state index is 0.858. The van der Waals surface area contributed by atoms with Gasteiger partial charge in [-0.25, -0.2) is 0 Å². The number of thiophene rings is 1. The molecular formula is C56H35NOS. The molecule has 0 fully saturated rings. The summed E-state index contributed by atoms with van der Waals surface area (Å²) in [4.78, 5) is 2.37. The Kier molecular flexibility index (Phi) is 7.75. The second kappa shape index (κ2) is 13.6. The van der Waals surface area contributed by atoms with Crippen molar-refractivity contribution in [2.75, 3.05) is 4.90 Å². The van der Waals surface area contributed by atoms with E-state index in [1.807, 2.05) is 11.3 Å². The molecule has 12 rings (SSSR count). The number of benzene rings is 10. The summed E-state index contributed by atoms with van der Waals surface area (Å²) < 4.78 is 9.72. The van der Waals surface area contributed by atoms with Gasteiger partial charge in [0.15, 0.2) is 0 Å². The molecule has 0 atom stereocenters. The lowest BCUT2D eigenvalue weighted by atomic mass is 9.93. The van der Waals surface area contributed by atoms with Gasteiger partial charge in [0.25, 0.3) is 0 Å². The molecule has 0 aliphatic rings. The third kappa shape index (κ3) is 5.47. The molecule has 0 N–H and O–H groups in total. The standard InChI is InChI=1S/C56H35NOS/c1-3-14-36(15-4-1)37-26-30-40(31-27-37)57(41-32-28-39(29-33-41)43-23-13-24-49-46-20-11-12-25-52(46)59-56(43)49)42-34-50(38-16-5-2-6-17-38)53-51(35-42)58-55-48-22-10-8-19-45(48)44-18-7-9-21-47(44)54(53)55/h1-35H. The zero-order valence-corrected chi connectivity index (χ0v) is 32.8. The first-order chi connectivity index (χ1) is 29.3. The average Bonchev–Trinajstić information content (AvgIpc) is 3.90. The zero-order valence-electron chi connectivity index (χ0n) is 32.0. The number of furan rings is 1. The van der Waals surface area contributed by atoms with Crippen molar-refractivity contribution >= 4 is 92.1 Å². The van der Waals surface area contributed by atoms with E-state index in [1.165, 1.54) is 58.6 Å². The van der Waals surface area contributed by atoms with Gasteiger partial charge >= 0.3 is 0 Å². The number of hydrogen-bond acceptors (Lipinski definition) is 3. The fourth-order valence-electron chi connectivity index (χ4n) is 9.13. The van der Waals surface area contributed by atoms with Crippen molar-refractivity contribution in [3.8, 4) is 33.4 Å². The van der Waals surface area contributed by atoms with Crippen molar-refractivity contribution < 1.29 is 4.42 Å². The molecule has 0 radical (unpaired) electrons. The maximum Gasteiger partial charge on any atom is 0.143 e. The van der Waals surface area contributed by atoms with Crippen LogP contribution in [0.4, 0.5) is 17.1 Å². The zero-order chi connectivity index (χ0) is 38.9. The summed E-state index contributed by atoms with van der Waals surface area (Å²) in [6.45, 7) is 0. The summed E-state index contributed by atoms with van der Waals surface area (Å²) in [5.74, 6) is 0. The number of hydrogen-bond donors (Lipinski definition) is 0. The van der Waals surface area contributed by atoms with Crippen molar-refractivity contribution in [1.82, 2.24) is 0 Å². The topological polar surface area (TPSA) is 16.4 Å². The highest BCUT2D eigenvalue weighted by molar-refractivity contribution is 7.26. The lowest BCUT2D eigenvalue weighted by Crippen LogP contribution is -2.10. The van der Waals surface area contributed by atoms with Gasteiger partial charge in [0, 0.05) is 53.8 Å². The molecule has 2 nitrogen and oxygen atoms in total. The van der Waals surface area contributed by atoms with Gasteiger partial charge < -0.3 is 9.32 Å². The van der Waals surface area contributed by atoms with Crippen LogP contribution in [0.1, 0.15) is 0 Å². The molecule has 0 saturated heterocycles. The summed E-state index contributed by atoms with van der Waals surface area (Å²) in [6, 6.07) is 76.7. The van der Waals surface area contributed by atoms with Gasteiger partial charge in [-0.05, 0) is 85.9 Å². The molecule has 0 unspecified atom stereocenters. The number of rotatable bonds is 6. The van der Waals surface area contributed by atoms with Gasteiger partial charge in [-0.15, -0.1) is 11.3 Å². The molecule has 59 heavy (non-hydrogen) atoms. The predicted octanol–water partition coefficient (Wildman–Crippen LogP) is 16.7. The Balaban J connectivity index is 1.09. The van der Waals surface area contributed by atoms with Crippen LogP contribution in [0.5, 0.6) is 0 Å². The Labute approximate surface area is 345 Å². The highest BCUT2D eigenvalue weighted by Crippen LogP contribution is 2.48. The number of anilines is 3. The summed E-state index contributed by atoms with van der Waals surface area (Å²) >= 11 is 1.87. The average molecular weight is 770 g/mol. The maximum atomic E-state index is 7.09. The van der Waals surface area contributed by atoms with E-state index in [9.17, 15) is 0 Å². The molecule has 2 heterocycles. The fraction of sp³-hybridized carbons (Fsp3) is 0. The Bertz CT molecular complexity index is 3530. The summed E-state index contributed by atoms with van der Waals surface area (Å²) in [6.07, 6.45) is 0. The second-order valence-electron chi connectivity index (χ2n) is 15.2. The van der Waals surface area contributed by atoms with E-state index in [0.717, 1.165) is 55.5 Å². The van der Waals surface area contributed by atoms with Gasteiger partial charge in [-0.2, -0.15) is 0 Å². The number of fused-ring (bicyclic) bond motifs is 11.